The largest absolute Gasteiger partial charge is 0.456 e. The highest BCUT2D eigenvalue weighted by Crippen LogP contribution is 2.25. The minimum Gasteiger partial charge on any atom is -0.456 e. The molecule has 33 heavy (non-hydrogen) atoms. The van der Waals surface area contributed by atoms with Crippen LogP contribution in [0.3, 0.4) is 0 Å². The summed E-state index contributed by atoms with van der Waals surface area (Å²) < 4.78 is 7.28. The molecule has 1 aliphatic carbocycles. The second-order valence-corrected chi connectivity index (χ2v) is 8.23. The summed E-state index contributed by atoms with van der Waals surface area (Å²) in [5.74, 6) is 0.0190. The van der Waals surface area contributed by atoms with Crippen molar-refractivity contribution in [3.63, 3.8) is 0 Å². The van der Waals surface area contributed by atoms with Crippen LogP contribution in [-0.4, -0.2) is 28.0 Å². The van der Waals surface area contributed by atoms with Gasteiger partial charge in [0.15, 0.2) is 6.61 Å². The number of carbonyl (C=O) groups excluding carboxylic acids is 2. The number of benzene rings is 3. The van der Waals surface area contributed by atoms with Gasteiger partial charge in [0.2, 0.25) is 0 Å². The van der Waals surface area contributed by atoms with E-state index in [-0.39, 0.29) is 18.9 Å². The minimum atomic E-state index is -0.425. The Bertz CT molecular complexity index is 1310. The molecule has 1 heterocycles. The number of rotatable bonds is 7. The van der Waals surface area contributed by atoms with Crippen LogP contribution in [0.2, 0.25) is 0 Å². The second-order valence-electron chi connectivity index (χ2n) is 8.23. The number of amides is 1. The molecule has 4 aromatic rings. The molecule has 0 aliphatic heterocycles. The Morgan fingerprint density at radius 2 is 1.73 bits per heavy atom. The SMILES string of the molecule is O=C(COC(=O)CCc1nc2ccccc2n1-c1ccccc1)Nc1ccc2c(c1)CCC2. The predicted molar refractivity (Wildman–Crippen MR) is 127 cm³/mol. The maximum atomic E-state index is 12.4. The zero-order chi connectivity index (χ0) is 22.6. The van der Waals surface area contributed by atoms with Gasteiger partial charge in [-0.05, 0) is 66.8 Å². The number of hydrogen-bond acceptors (Lipinski definition) is 4. The molecule has 0 bridgehead atoms. The summed E-state index contributed by atoms with van der Waals surface area (Å²) in [7, 11) is 0. The number of anilines is 1. The van der Waals surface area contributed by atoms with E-state index in [0.717, 1.165) is 47.5 Å². The number of ether oxygens (including phenoxy) is 1. The van der Waals surface area contributed by atoms with Crippen molar-refractivity contribution in [1.29, 1.82) is 0 Å². The quantitative estimate of drug-likeness (QED) is 0.426. The third-order valence-corrected chi connectivity index (χ3v) is 5.94. The fourth-order valence-corrected chi connectivity index (χ4v) is 4.39. The summed E-state index contributed by atoms with van der Waals surface area (Å²) >= 11 is 0. The van der Waals surface area contributed by atoms with Crippen LogP contribution in [0, 0.1) is 0 Å². The van der Waals surface area contributed by atoms with E-state index >= 15 is 0 Å². The molecule has 6 nitrogen and oxygen atoms in total. The number of fused-ring (bicyclic) bond motifs is 2. The van der Waals surface area contributed by atoms with E-state index in [1.165, 1.54) is 11.1 Å². The lowest BCUT2D eigenvalue weighted by molar-refractivity contribution is -0.147. The first kappa shape index (κ1) is 20.9. The van der Waals surface area contributed by atoms with Crippen molar-refractivity contribution in [3.05, 3.63) is 89.7 Å². The number of aryl methyl sites for hydroxylation is 3. The van der Waals surface area contributed by atoms with E-state index in [1.807, 2.05) is 66.7 Å². The molecule has 6 heteroatoms. The summed E-state index contributed by atoms with van der Waals surface area (Å²) in [6.45, 7) is -0.301. The lowest BCUT2D eigenvalue weighted by Gasteiger charge is -2.10. The standard InChI is InChI=1S/C27H25N3O3/c31-26(28-21-14-13-19-7-6-8-20(19)17-21)18-33-27(32)16-15-25-29-23-11-4-5-12-24(23)30(25)22-9-2-1-3-10-22/h1-5,9-14,17H,6-8,15-16,18H2,(H,28,31). The van der Waals surface area contributed by atoms with Crippen molar-refractivity contribution >= 4 is 28.6 Å². The number of nitrogens with one attached hydrogen (secondary N) is 1. The molecule has 1 amide bonds. The Morgan fingerprint density at radius 1 is 0.939 bits per heavy atom. The number of hydrogen-bond donors (Lipinski definition) is 1. The Labute approximate surface area is 192 Å². The normalized spacial score (nSPS) is 12.5. The molecule has 0 saturated carbocycles. The van der Waals surface area contributed by atoms with Gasteiger partial charge < -0.3 is 10.1 Å². The van der Waals surface area contributed by atoms with Crippen LogP contribution >= 0.6 is 0 Å². The average Bonchev–Trinajstić information content (AvgIpc) is 3.46. The maximum absolute atomic E-state index is 12.4. The van der Waals surface area contributed by atoms with Gasteiger partial charge in [-0.25, -0.2) is 4.98 Å². The van der Waals surface area contributed by atoms with Crippen molar-refractivity contribution in [2.45, 2.75) is 32.1 Å². The van der Waals surface area contributed by atoms with Crippen molar-refractivity contribution in [3.8, 4) is 5.69 Å². The first-order valence-electron chi connectivity index (χ1n) is 11.3. The minimum absolute atomic E-state index is 0.141. The number of aromatic nitrogens is 2. The number of nitrogens with zero attached hydrogens (tertiary/aromatic N) is 2. The van der Waals surface area contributed by atoms with Crippen molar-refractivity contribution in [1.82, 2.24) is 9.55 Å². The molecule has 0 spiro atoms. The van der Waals surface area contributed by atoms with Gasteiger partial charge in [-0.15, -0.1) is 0 Å². The molecular weight excluding hydrogens is 414 g/mol. The molecule has 0 fully saturated rings. The van der Waals surface area contributed by atoms with Crippen LogP contribution in [0.15, 0.2) is 72.8 Å². The summed E-state index contributed by atoms with van der Waals surface area (Å²) in [6, 6.07) is 23.8. The van der Waals surface area contributed by atoms with Gasteiger partial charge in [0, 0.05) is 17.8 Å². The van der Waals surface area contributed by atoms with Crippen molar-refractivity contribution < 1.29 is 14.3 Å². The third-order valence-electron chi connectivity index (χ3n) is 5.94. The van der Waals surface area contributed by atoms with Crippen LogP contribution in [0.25, 0.3) is 16.7 Å². The summed E-state index contributed by atoms with van der Waals surface area (Å²) in [5, 5.41) is 2.82. The van der Waals surface area contributed by atoms with Gasteiger partial charge in [-0.1, -0.05) is 36.4 Å². The fraction of sp³-hybridized carbons (Fsp3) is 0.222. The molecule has 5 rings (SSSR count). The number of para-hydroxylation sites is 3. The maximum Gasteiger partial charge on any atom is 0.306 e. The Balaban J connectivity index is 1.20. The molecular formula is C27H25N3O3. The van der Waals surface area contributed by atoms with Gasteiger partial charge in [-0.3, -0.25) is 14.2 Å². The van der Waals surface area contributed by atoms with E-state index in [9.17, 15) is 9.59 Å². The summed E-state index contributed by atoms with van der Waals surface area (Å²) in [5.41, 5.74) is 6.22. The second kappa shape index (κ2) is 9.28. The molecule has 0 unspecified atom stereocenters. The van der Waals surface area contributed by atoms with Gasteiger partial charge in [-0.2, -0.15) is 0 Å². The summed E-state index contributed by atoms with van der Waals surface area (Å²) in [4.78, 5) is 29.3. The third kappa shape index (κ3) is 4.65. The summed E-state index contributed by atoms with van der Waals surface area (Å²) in [6.07, 6.45) is 3.85. The van der Waals surface area contributed by atoms with E-state index in [2.05, 4.69) is 16.0 Å². The van der Waals surface area contributed by atoms with Crippen molar-refractivity contribution in [2.24, 2.45) is 0 Å². The van der Waals surface area contributed by atoms with E-state index in [0.29, 0.717) is 6.42 Å². The van der Waals surface area contributed by atoms with Gasteiger partial charge >= 0.3 is 5.97 Å². The molecule has 0 radical (unpaired) electrons. The van der Waals surface area contributed by atoms with Crippen LogP contribution in [0.4, 0.5) is 5.69 Å². The van der Waals surface area contributed by atoms with E-state index in [1.54, 1.807) is 0 Å². The molecule has 0 saturated heterocycles. The Morgan fingerprint density at radius 3 is 2.61 bits per heavy atom. The first-order valence-corrected chi connectivity index (χ1v) is 11.3. The van der Waals surface area contributed by atoms with Crippen LogP contribution in [0.5, 0.6) is 0 Å². The highest BCUT2D eigenvalue weighted by molar-refractivity contribution is 5.93. The highest BCUT2D eigenvalue weighted by Gasteiger charge is 2.16. The van der Waals surface area contributed by atoms with Gasteiger partial charge in [0.05, 0.1) is 17.5 Å². The smallest absolute Gasteiger partial charge is 0.306 e. The van der Waals surface area contributed by atoms with Crippen LogP contribution < -0.4 is 5.32 Å². The molecule has 0 atom stereocenters. The molecule has 1 aliphatic rings. The topological polar surface area (TPSA) is 73.2 Å². The lowest BCUT2D eigenvalue weighted by Crippen LogP contribution is -2.21. The van der Waals surface area contributed by atoms with Gasteiger partial charge in [0.1, 0.15) is 5.82 Å². The molecule has 1 N–H and O–H groups in total. The Kier molecular flexibility index (Phi) is 5.89. The predicted octanol–water partition coefficient (Wildman–Crippen LogP) is 4.63. The number of imidazole rings is 1. The fourth-order valence-electron chi connectivity index (χ4n) is 4.39. The molecule has 1 aromatic heterocycles. The zero-order valence-electron chi connectivity index (χ0n) is 18.3. The lowest BCUT2D eigenvalue weighted by atomic mass is 10.1. The van der Waals surface area contributed by atoms with Crippen molar-refractivity contribution in [2.75, 3.05) is 11.9 Å². The average molecular weight is 440 g/mol. The van der Waals surface area contributed by atoms with Crippen LogP contribution in [0.1, 0.15) is 29.8 Å². The van der Waals surface area contributed by atoms with Gasteiger partial charge in [0.25, 0.3) is 5.91 Å². The first-order chi connectivity index (χ1) is 16.2. The molecule has 3 aromatic carbocycles. The zero-order valence-corrected chi connectivity index (χ0v) is 18.3. The van der Waals surface area contributed by atoms with E-state index in [4.69, 9.17) is 9.72 Å². The number of esters is 1. The Hall–Kier alpha value is -3.93. The van der Waals surface area contributed by atoms with E-state index < -0.39 is 5.97 Å². The number of carbonyl (C=O) groups is 2. The van der Waals surface area contributed by atoms with Crippen LogP contribution in [-0.2, 0) is 33.6 Å². The highest BCUT2D eigenvalue weighted by atomic mass is 16.5. The molecule has 166 valence electrons. The monoisotopic (exact) mass is 439 g/mol.